The van der Waals surface area contributed by atoms with Crippen LogP contribution >= 0.6 is 11.6 Å². The van der Waals surface area contributed by atoms with Crippen LogP contribution in [-0.4, -0.2) is 28.3 Å². The lowest BCUT2D eigenvalue weighted by atomic mass is 9.53. The van der Waals surface area contributed by atoms with E-state index in [0.29, 0.717) is 29.1 Å². The molecular formula is C20H23ClF3N3O2. The van der Waals surface area contributed by atoms with Crippen LogP contribution in [0.15, 0.2) is 18.5 Å². The van der Waals surface area contributed by atoms with E-state index in [1.807, 2.05) is 0 Å². The highest BCUT2D eigenvalue weighted by atomic mass is 35.5. The number of nitrogens with zero attached hydrogens (tertiary/aromatic N) is 3. The highest BCUT2D eigenvalue weighted by Gasteiger charge is 2.52. The summed E-state index contributed by atoms with van der Waals surface area (Å²) in [4.78, 5) is 7.98. The molecule has 0 radical (unpaired) electrons. The zero-order valence-corrected chi connectivity index (χ0v) is 17.1. The van der Waals surface area contributed by atoms with Crippen molar-refractivity contribution >= 4 is 11.6 Å². The van der Waals surface area contributed by atoms with Gasteiger partial charge in [0.1, 0.15) is 11.0 Å². The number of imidazole rings is 1. The largest absolute Gasteiger partial charge is 0.491 e. The van der Waals surface area contributed by atoms with Gasteiger partial charge in [-0.2, -0.15) is 13.2 Å². The van der Waals surface area contributed by atoms with Gasteiger partial charge < -0.3 is 14.0 Å². The Labute approximate surface area is 172 Å². The number of aryl methyl sites for hydroxylation is 1. The predicted molar refractivity (Wildman–Crippen MR) is 101 cm³/mol. The maximum atomic E-state index is 13.1. The fourth-order valence-corrected chi connectivity index (χ4v) is 4.96. The summed E-state index contributed by atoms with van der Waals surface area (Å²) in [6.45, 7) is 0.522. The molecule has 5 rings (SSSR count). The number of alkyl halides is 3. The Kier molecular flexibility index (Phi) is 4.96. The van der Waals surface area contributed by atoms with Crippen LogP contribution in [0, 0.1) is 5.41 Å². The van der Waals surface area contributed by atoms with Crippen LogP contribution in [0.5, 0.6) is 11.5 Å². The Balaban J connectivity index is 1.48. The van der Waals surface area contributed by atoms with Crippen LogP contribution in [0.3, 0.4) is 0 Å². The van der Waals surface area contributed by atoms with E-state index in [9.17, 15) is 13.2 Å². The summed E-state index contributed by atoms with van der Waals surface area (Å²) in [5.74, 6) is 1.64. The summed E-state index contributed by atoms with van der Waals surface area (Å²) in [6, 6.07) is 1.64. The van der Waals surface area contributed by atoms with Gasteiger partial charge in [0.2, 0.25) is 0 Å². The first kappa shape index (κ1) is 20.3. The van der Waals surface area contributed by atoms with E-state index in [0.717, 1.165) is 44.7 Å². The second-order valence-electron chi connectivity index (χ2n) is 8.29. The van der Waals surface area contributed by atoms with Crippen LogP contribution in [0.2, 0.25) is 5.15 Å². The van der Waals surface area contributed by atoms with E-state index in [1.54, 1.807) is 24.8 Å². The average molecular weight is 430 g/mol. The molecule has 3 aliphatic rings. The maximum absolute atomic E-state index is 13.1. The molecule has 2 bridgehead atoms. The van der Waals surface area contributed by atoms with Crippen molar-refractivity contribution in [1.82, 2.24) is 14.5 Å². The van der Waals surface area contributed by atoms with E-state index in [4.69, 9.17) is 21.1 Å². The van der Waals surface area contributed by atoms with Crippen molar-refractivity contribution < 1.29 is 22.6 Å². The van der Waals surface area contributed by atoms with Gasteiger partial charge in [0.25, 0.3) is 0 Å². The number of hydrogen-bond acceptors (Lipinski definition) is 4. The number of fused-ring (bicyclic) bond motifs is 3. The van der Waals surface area contributed by atoms with Gasteiger partial charge in [0.05, 0.1) is 19.9 Å². The van der Waals surface area contributed by atoms with Gasteiger partial charge in [-0.25, -0.2) is 9.97 Å². The molecule has 0 amide bonds. The smallest absolute Gasteiger partial charge is 0.434 e. The summed E-state index contributed by atoms with van der Waals surface area (Å²) in [5.41, 5.74) is -1.07. The Morgan fingerprint density at radius 1 is 1.14 bits per heavy atom. The van der Waals surface area contributed by atoms with Crippen molar-refractivity contribution in [2.45, 2.75) is 50.1 Å². The Morgan fingerprint density at radius 3 is 2.34 bits per heavy atom. The van der Waals surface area contributed by atoms with Gasteiger partial charge in [-0.1, -0.05) is 11.6 Å². The molecule has 0 unspecified atom stereocenters. The van der Waals surface area contributed by atoms with Gasteiger partial charge in [-0.15, -0.1) is 0 Å². The quantitative estimate of drug-likeness (QED) is 0.615. The number of rotatable bonds is 5. The van der Waals surface area contributed by atoms with E-state index in [1.165, 1.54) is 6.20 Å². The molecule has 158 valence electrons. The highest BCUT2D eigenvalue weighted by molar-refractivity contribution is 6.29. The number of halogens is 4. The molecule has 0 aromatic carbocycles. The van der Waals surface area contributed by atoms with Gasteiger partial charge in [-0.3, -0.25) is 0 Å². The van der Waals surface area contributed by atoms with Gasteiger partial charge >= 0.3 is 6.18 Å². The average Bonchev–Trinajstić information content (AvgIpc) is 3.11. The summed E-state index contributed by atoms with van der Waals surface area (Å²) < 4.78 is 52.2. The lowest BCUT2D eigenvalue weighted by Crippen LogP contribution is -2.47. The van der Waals surface area contributed by atoms with Crippen molar-refractivity contribution in [1.29, 1.82) is 0 Å². The highest BCUT2D eigenvalue weighted by Crippen LogP contribution is 2.57. The molecule has 2 heterocycles. The molecule has 2 aromatic heterocycles. The van der Waals surface area contributed by atoms with Crippen molar-refractivity contribution in [3.63, 3.8) is 0 Å². The van der Waals surface area contributed by atoms with E-state index in [-0.39, 0.29) is 10.8 Å². The first-order valence-electron chi connectivity index (χ1n) is 9.60. The Hall–Kier alpha value is -1.96. The van der Waals surface area contributed by atoms with E-state index >= 15 is 0 Å². The normalized spacial score (nSPS) is 26.6. The van der Waals surface area contributed by atoms with Crippen LogP contribution in [0.25, 0.3) is 0 Å². The molecule has 3 aliphatic carbocycles. The minimum absolute atomic E-state index is 0.0144. The second-order valence-corrected chi connectivity index (χ2v) is 8.67. The van der Waals surface area contributed by atoms with Crippen molar-refractivity contribution in [3.05, 3.63) is 35.1 Å². The van der Waals surface area contributed by atoms with Crippen LogP contribution < -0.4 is 9.47 Å². The molecule has 3 saturated carbocycles. The lowest BCUT2D eigenvalue weighted by Gasteiger charge is -2.52. The Bertz CT molecular complexity index is 888. The molecule has 0 aliphatic heterocycles. The minimum atomic E-state index is -4.42. The standard InChI is InChI=1S/C20H23ClF3N3O2/c1-27-11-15(20(22,23)24)26-17(27)19-6-3-18(4-7-19,5-8-19)12-29-13-9-16(21)25-10-14(13)28-2/h9-11H,3-8,12H2,1-2H3. The first-order chi connectivity index (χ1) is 13.7. The zero-order valence-electron chi connectivity index (χ0n) is 16.4. The van der Waals surface area contributed by atoms with Gasteiger partial charge in [0, 0.05) is 30.1 Å². The van der Waals surface area contributed by atoms with E-state index in [2.05, 4.69) is 9.97 Å². The third-order valence-corrected chi connectivity index (χ3v) is 6.80. The topological polar surface area (TPSA) is 49.2 Å². The summed E-state index contributed by atoms with van der Waals surface area (Å²) in [6.07, 6.45) is 3.32. The molecule has 0 spiro atoms. The van der Waals surface area contributed by atoms with Gasteiger partial charge in [-0.05, 0) is 38.5 Å². The van der Waals surface area contributed by atoms with Crippen molar-refractivity contribution in [2.24, 2.45) is 12.5 Å². The molecule has 0 saturated heterocycles. The summed E-state index contributed by atoms with van der Waals surface area (Å²) in [7, 11) is 3.21. The maximum Gasteiger partial charge on any atom is 0.434 e. The molecule has 5 nitrogen and oxygen atoms in total. The number of methoxy groups -OCH3 is 1. The fourth-order valence-electron chi connectivity index (χ4n) is 4.81. The molecule has 0 N–H and O–H groups in total. The minimum Gasteiger partial charge on any atom is -0.491 e. The number of pyridine rings is 1. The molecule has 0 atom stereocenters. The fraction of sp³-hybridized carbons (Fsp3) is 0.600. The molecule has 29 heavy (non-hydrogen) atoms. The monoisotopic (exact) mass is 429 g/mol. The second kappa shape index (κ2) is 7.07. The molecule has 9 heteroatoms. The van der Waals surface area contributed by atoms with Crippen molar-refractivity contribution in [3.8, 4) is 11.5 Å². The third kappa shape index (κ3) is 3.67. The van der Waals surface area contributed by atoms with Gasteiger partial charge in [0.15, 0.2) is 17.2 Å². The van der Waals surface area contributed by atoms with Crippen LogP contribution in [0.4, 0.5) is 13.2 Å². The zero-order chi connectivity index (χ0) is 20.9. The SMILES string of the molecule is COc1cnc(Cl)cc1OCC12CCC(c3nc(C(F)(F)F)cn3C)(CC1)CC2. The molecular weight excluding hydrogens is 407 g/mol. The number of ether oxygens (including phenoxy) is 2. The summed E-state index contributed by atoms with van der Waals surface area (Å²) >= 11 is 5.97. The third-order valence-electron chi connectivity index (χ3n) is 6.59. The lowest BCUT2D eigenvalue weighted by molar-refractivity contribution is -0.141. The van der Waals surface area contributed by atoms with Crippen LogP contribution in [0.1, 0.15) is 50.0 Å². The number of aromatic nitrogens is 3. The van der Waals surface area contributed by atoms with Crippen LogP contribution in [-0.2, 0) is 18.6 Å². The predicted octanol–water partition coefficient (Wildman–Crippen LogP) is 5.17. The van der Waals surface area contributed by atoms with E-state index < -0.39 is 11.9 Å². The molecule has 2 aromatic rings. The summed E-state index contributed by atoms with van der Waals surface area (Å²) in [5, 5.41) is 0.333. The van der Waals surface area contributed by atoms with Crippen molar-refractivity contribution in [2.75, 3.05) is 13.7 Å². The first-order valence-corrected chi connectivity index (χ1v) is 9.98. The molecule has 3 fully saturated rings. The Morgan fingerprint density at radius 2 is 1.79 bits per heavy atom. The number of hydrogen-bond donors (Lipinski definition) is 0.